The SMILES string of the molecule is Cc1ccc2c(c1)oc1c(-c3nc4ccccc4n3-c3ccc(C(C)(C)C)cc3)cncc12. The molecule has 0 saturated carbocycles. The number of aryl methyl sites for hydroxylation is 1. The molecule has 0 aliphatic rings. The Morgan fingerprint density at radius 2 is 1.64 bits per heavy atom. The smallest absolute Gasteiger partial charge is 0.151 e. The predicted octanol–water partition coefficient (Wildman–Crippen LogP) is 7.59. The van der Waals surface area contributed by atoms with Gasteiger partial charge in [-0.3, -0.25) is 9.55 Å². The molecule has 0 bridgehead atoms. The minimum atomic E-state index is 0.0975. The van der Waals surface area contributed by atoms with Crippen LogP contribution in [0.2, 0.25) is 0 Å². The first-order chi connectivity index (χ1) is 15.9. The van der Waals surface area contributed by atoms with Gasteiger partial charge < -0.3 is 4.42 Å². The third-order valence-electron chi connectivity index (χ3n) is 6.33. The van der Waals surface area contributed by atoms with Gasteiger partial charge in [0, 0.05) is 28.9 Å². The highest BCUT2D eigenvalue weighted by atomic mass is 16.3. The lowest BCUT2D eigenvalue weighted by molar-refractivity contribution is 0.590. The molecule has 0 N–H and O–H groups in total. The van der Waals surface area contributed by atoms with Crippen LogP contribution in [0.15, 0.2) is 83.5 Å². The highest BCUT2D eigenvalue weighted by molar-refractivity contribution is 6.09. The van der Waals surface area contributed by atoms with E-state index >= 15 is 0 Å². The topological polar surface area (TPSA) is 43.9 Å². The van der Waals surface area contributed by atoms with Crippen molar-refractivity contribution < 1.29 is 4.42 Å². The lowest BCUT2D eigenvalue weighted by atomic mass is 9.87. The maximum Gasteiger partial charge on any atom is 0.151 e. The van der Waals surface area contributed by atoms with Crippen LogP contribution in [0.5, 0.6) is 0 Å². The summed E-state index contributed by atoms with van der Waals surface area (Å²) in [4.78, 5) is 9.60. The molecule has 6 rings (SSSR count). The number of fused-ring (bicyclic) bond motifs is 4. The van der Waals surface area contributed by atoms with Crippen LogP contribution in [0.25, 0.3) is 50.0 Å². The Kier molecular flexibility index (Phi) is 4.21. The van der Waals surface area contributed by atoms with E-state index in [4.69, 9.17) is 9.40 Å². The lowest BCUT2D eigenvalue weighted by Gasteiger charge is -2.19. The largest absolute Gasteiger partial charge is 0.455 e. The first-order valence-corrected chi connectivity index (χ1v) is 11.3. The fourth-order valence-corrected chi connectivity index (χ4v) is 4.53. The molecule has 0 amide bonds. The van der Waals surface area contributed by atoms with Crippen molar-refractivity contribution in [2.75, 3.05) is 0 Å². The van der Waals surface area contributed by atoms with E-state index in [9.17, 15) is 0 Å². The van der Waals surface area contributed by atoms with Gasteiger partial charge in [0.2, 0.25) is 0 Å². The summed E-state index contributed by atoms with van der Waals surface area (Å²) in [6, 6.07) is 23.3. The zero-order valence-electron chi connectivity index (χ0n) is 19.3. The Morgan fingerprint density at radius 3 is 2.42 bits per heavy atom. The number of nitrogens with zero attached hydrogens (tertiary/aromatic N) is 3. The Bertz CT molecular complexity index is 1650. The molecule has 0 atom stereocenters. The van der Waals surface area contributed by atoms with Crippen molar-refractivity contribution in [2.24, 2.45) is 0 Å². The number of aromatic nitrogens is 3. The molecule has 4 nitrogen and oxygen atoms in total. The van der Waals surface area contributed by atoms with Gasteiger partial charge in [-0.05, 0) is 53.8 Å². The van der Waals surface area contributed by atoms with E-state index in [0.717, 1.165) is 50.0 Å². The van der Waals surface area contributed by atoms with Gasteiger partial charge in [-0.15, -0.1) is 0 Å². The summed E-state index contributed by atoms with van der Waals surface area (Å²) >= 11 is 0. The zero-order valence-corrected chi connectivity index (χ0v) is 19.3. The van der Waals surface area contributed by atoms with E-state index < -0.39 is 0 Å². The number of hydrogen-bond acceptors (Lipinski definition) is 3. The van der Waals surface area contributed by atoms with Crippen LogP contribution in [0.1, 0.15) is 31.9 Å². The van der Waals surface area contributed by atoms with Crippen LogP contribution in [-0.4, -0.2) is 14.5 Å². The first-order valence-electron chi connectivity index (χ1n) is 11.3. The van der Waals surface area contributed by atoms with Gasteiger partial charge in [0.25, 0.3) is 0 Å². The van der Waals surface area contributed by atoms with Crippen molar-refractivity contribution in [2.45, 2.75) is 33.1 Å². The number of benzene rings is 3. The summed E-state index contributed by atoms with van der Waals surface area (Å²) in [5.41, 5.74) is 8.20. The molecule has 4 heteroatoms. The number of rotatable bonds is 2. The first kappa shape index (κ1) is 19.7. The number of imidazole rings is 1. The fourth-order valence-electron chi connectivity index (χ4n) is 4.53. The molecule has 3 aromatic heterocycles. The van der Waals surface area contributed by atoms with Crippen molar-refractivity contribution in [3.8, 4) is 17.1 Å². The monoisotopic (exact) mass is 431 g/mol. The molecule has 3 heterocycles. The van der Waals surface area contributed by atoms with Crippen LogP contribution in [0, 0.1) is 6.92 Å². The summed E-state index contributed by atoms with van der Waals surface area (Å²) in [5.74, 6) is 0.827. The highest BCUT2D eigenvalue weighted by Gasteiger charge is 2.21. The van der Waals surface area contributed by atoms with Crippen molar-refractivity contribution in [1.82, 2.24) is 14.5 Å². The maximum atomic E-state index is 6.38. The van der Waals surface area contributed by atoms with E-state index in [2.05, 4.69) is 97.9 Å². The average molecular weight is 432 g/mol. The van der Waals surface area contributed by atoms with Gasteiger partial charge in [-0.25, -0.2) is 4.98 Å². The quantitative estimate of drug-likeness (QED) is 0.284. The van der Waals surface area contributed by atoms with E-state index in [1.807, 2.05) is 18.5 Å². The van der Waals surface area contributed by atoms with Gasteiger partial charge in [0.05, 0.1) is 16.6 Å². The molecular formula is C29H25N3O. The van der Waals surface area contributed by atoms with Crippen molar-refractivity contribution >= 4 is 33.0 Å². The third kappa shape index (κ3) is 3.13. The molecule has 6 aromatic rings. The molecular weight excluding hydrogens is 406 g/mol. The summed E-state index contributed by atoms with van der Waals surface area (Å²) in [6.45, 7) is 8.77. The Labute approximate surface area is 192 Å². The Morgan fingerprint density at radius 1 is 0.848 bits per heavy atom. The second-order valence-corrected chi connectivity index (χ2v) is 9.72. The van der Waals surface area contributed by atoms with Crippen LogP contribution in [-0.2, 0) is 5.41 Å². The Hall–Kier alpha value is -3.92. The van der Waals surface area contributed by atoms with E-state index in [-0.39, 0.29) is 5.41 Å². The van der Waals surface area contributed by atoms with Crippen LogP contribution < -0.4 is 0 Å². The molecule has 0 radical (unpaired) electrons. The van der Waals surface area contributed by atoms with Gasteiger partial charge in [0.15, 0.2) is 5.82 Å². The van der Waals surface area contributed by atoms with Gasteiger partial charge in [-0.2, -0.15) is 0 Å². The number of para-hydroxylation sites is 2. The summed E-state index contributed by atoms with van der Waals surface area (Å²) in [5, 5.41) is 2.08. The molecule has 162 valence electrons. The minimum Gasteiger partial charge on any atom is -0.455 e. The second kappa shape index (κ2) is 7.04. The van der Waals surface area contributed by atoms with E-state index in [0.29, 0.717) is 0 Å². The normalized spacial score (nSPS) is 12.2. The molecule has 0 unspecified atom stereocenters. The van der Waals surface area contributed by atoms with Crippen LogP contribution in [0.3, 0.4) is 0 Å². The van der Waals surface area contributed by atoms with Crippen molar-refractivity contribution in [3.63, 3.8) is 0 Å². The molecule has 0 fully saturated rings. The minimum absolute atomic E-state index is 0.0975. The van der Waals surface area contributed by atoms with E-state index in [1.165, 1.54) is 11.1 Å². The van der Waals surface area contributed by atoms with Crippen LogP contribution >= 0.6 is 0 Å². The van der Waals surface area contributed by atoms with E-state index in [1.54, 1.807) is 0 Å². The molecule has 0 aliphatic carbocycles. The standard InChI is InChI=1S/C29H25N3O/c1-18-9-14-21-22-16-30-17-23(27(22)33-26(21)15-18)28-31-24-7-5-6-8-25(24)32(28)20-12-10-19(11-13-20)29(2,3)4/h5-17H,1-4H3. The summed E-state index contributed by atoms with van der Waals surface area (Å²) < 4.78 is 8.58. The summed E-state index contributed by atoms with van der Waals surface area (Å²) in [7, 11) is 0. The van der Waals surface area contributed by atoms with Gasteiger partial charge in [0.1, 0.15) is 11.2 Å². The predicted molar refractivity (Wildman–Crippen MR) is 135 cm³/mol. The van der Waals surface area contributed by atoms with Gasteiger partial charge >= 0.3 is 0 Å². The maximum absolute atomic E-state index is 6.38. The number of pyridine rings is 1. The molecule has 0 aliphatic heterocycles. The molecule has 0 spiro atoms. The van der Waals surface area contributed by atoms with Crippen molar-refractivity contribution in [1.29, 1.82) is 0 Å². The second-order valence-electron chi connectivity index (χ2n) is 9.72. The molecule has 0 saturated heterocycles. The van der Waals surface area contributed by atoms with Crippen LogP contribution in [0.4, 0.5) is 0 Å². The lowest BCUT2D eigenvalue weighted by Crippen LogP contribution is -2.11. The van der Waals surface area contributed by atoms with Crippen molar-refractivity contribution in [3.05, 3.63) is 90.3 Å². The Balaban J connectivity index is 1.64. The molecule has 3 aromatic carbocycles. The highest BCUT2D eigenvalue weighted by Crippen LogP contribution is 2.37. The molecule has 33 heavy (non-hydrogen) atoms. The fraction of sp³-hybridized carbons (Fsp3) is 0.172. The van der Waals surface area contributed by atoms with Gasteiger partial charge in [-0.1, -0.05) is 57.2 Å². The average Bonchev–Trinajstić information content (AvgIpc) is 3.36. The summed E-state index contributed by atoms with van der Waals surface area (Å²) in [6.07, 6.45) is 3.74. The number of furan rings is 1. The number of hydrogen-bond donors (Lipinski definition) is 0. The zero-order chi connectivity index (χ0) is 22.7. The third-order valence-corrected chi connectivity index (χ3v) is 6.33.